The third-order valence-corrected chi connectivity index (χ3v) is 4.97. The predicted molar refractivity (Wildman–Crippen MR) is 59.8 cm³/mol. The lowest BCUT2D eigenvalue weighted by atomic mass is 10.1. The van der Waals surface area contributed by atoms with Crippen molar-refractivity contribution in [1.82, 2.24) is 0 Å². The van der Waals surface area contributed by atoms with Gasteiger partial charge in [-0.15, -0.1) is 0 Å². The van der Waals surface area contributed by atoms with E-state index in [1.165, 1.54) is 0 Å². The van der Waals surface area contributed by atoms with E-state index in [0.29, 0.717) is 0 Å². The van der Waals surface area contributed by atoms with Crippen LogP contribution in [-0.2, 0) is 19.7 Å². The van der Waals surface area contributed by atoms with Crippen LogP contribution in [-0.4, -0.2) is 40.6 Å². The zero-order valence-electron chi connectivity index (χ0n) is 9.58. The van der Waals surface area contributed by atoms with Crippen LogP contribution in [0.15, 0.2) is 0 Å². The van der Waals surface area contributed by atoms with Crippen LogP contribution in [0.4, 0.5) is 34.6 Å². The Balaban J connectivity index is 3.72. The monoisotopic (exact) mass is 460 g/mol. The number of hydrogen-bond donors (Lipinski definition) is 0. The van der Waals surface area contributed by atoms with Gasteiger partial charge in [-0.3, -0.25) is 9.47 Å². The van der Waals surface area contributed by atoms with E-state index >= 15 is 0 Å². The van der Waals surface area contributed by atoms with E-state index in [0.717, 1.165) is 0 Å². The van der Waals surface area contributed by atoms with Crippen LogP contribution in [0.25, 0.3) is 0 Å². The van der Waals surface area contributed by atoms with Gasteiger partial charge in [0.15, 0.2) is 0 Å². The molecule has 0 aliphatic carbocycles. The van der Waals surface area contributed by atoms with Crippen LogP contribution < -0.4 is 0 Å². The molecule has 0 radical (unpaired) electrons. The molecule has 1 aliphatic rings. The van der Waals surface area contributed by atoms with Gasteiger partial charge in [0.1, 0.15) is 0 Å². The quantitative estimate of drug-likeness (QED) is 0.361. The summed E-state index contributed by atoms with van der Waals surface area (Å²) >= 11 is 19.8. The minimum atomic E-state index is -7.59. The predicted octanol–water partition coefficient (Wildman–Crippen LogP) is 4.08. The topological polar surface area (TPSA) is 52.6 Å². The summed E-state index contributed by atoms with van der Waals surface area (Å²) in [4.78, 5) is 0. The minimum Gasteiger partial charge on any atom is -0.296 e. The number of ether oxygens (including phenoxy) is 2. The second kappa shape index (κ2) is 5.24. The fourth-order valence-electron chi connectivity index (χ4n) is 1.27. The van der Waals surface area contributed by atoms with Crippen molar-refractivity contribution in [1.29, 1.82) is 0 Å². The first-order valence-electron chi connectivity index (χ1n) is 4.59. The Labute approximate surface area is 141 Å². The summed E-state index contributed by atoms with van der Waals surface area (Å²) in [6.07, 6.45) is -6.65. The molecular weight excluding hydrogens is 462 g/mol. The number of halogens is 12. The molecule has 1 rings (SSSR count). The molecule has 17 heteroatoms. The molecule has 0 N–H and O–H groups in total. The summed E-state index contributed by atoms with van der Waals surface area (Å²) in [6, 6.07) is 0. The largest absolute Gasteiger partial charge is 0.450 e. The zero-order valence-corrected chi connectivity index (χ0v) is 13.4. The number of rotatable bonds is 3. The van der Waals surface area contributed by atoms with Crippen molar-refractivity contribution >= 4 is 56.6 Å². The molecule has 0 bridgehead atoms. The van der Waals surface area contributed by atoms with Gasteiger partial charge in [0.25, 0.3) is 9.04 Å². The van der Waals surface area contributed by atoms with Crippen molar-refractivity contribution in [2.24, 2.45) is 0 Å². The Morgan fingerprint density at radius 2 is 1.09 bits per heavy atom. The molecule has 0 unspecified atom stereocenters. The molecule has 138 valence electrons. The highest BCUT2D eigenvalue weighted by atomic mass is 35.5. The van der Waals surface area contributed by atoms with E-state index in [9.17, 15) is 43.0 Å². The maximum absolute atomic E-state index is 13.7. The molecule has 1 fully saturated rings. The van der Waals surface area contributed by atoms with Gasteiger partial charge in [-0.2, -0.15) is 39.2 Å². The fourth-order valence-corrected chi connectivity index (χ4v) is 2.30. The Morgan fingerprint density at radius 1 is 0.783 bits per heavy atom. The minimum absolute atomic E-state index is 3.32. The van der Waals surface area contributed by atoms with E-state index in [2.05, 4.69) is 9.47 Å². The molecule has 1 saturated heterocycles. The van der Waals surface area contributed by atoms with Crippen molar-refractivity contribution < 1.29 is 52.5 Å². The maximum atomic E-state index is 13.7. The standard InChI is InChI=1S/C6Cl4F8O4S/c7-3(8)4(9,10)22-2(21-3,5(13,14)15)1(11,12)6(16,17)23(18,19)20. The van der Waals surface area contributed by atoms with Gasteiger partial charge in [0.05, 0.1) is 0 Å². The van der Waals surface area contributed by atoms with Crippen LogP contribution >= 0.6 is 46.4 Å². The Morgan fingerprint density at radius 3 is 1.30 bits per heavy atom. The Hall–Kier alpha value is 0.470. The van der Waals surface area contributed by atoms with E-state index in [4.69, 9.17) is 46.4 Å². The first-order valence-corrected chi connectivity index (χ1v) is 7.48. The molecule has 0 spiro atoms. The van der Waals surface area contributed by atoms with Gasteiger partial charge in [0, 0.05) is 0 Å². The van der Waals surface area contributed by atoms with Crippen molar-refractivity contribution in [3.8, 4) is 0 Å². The zero-order chi connectivity index (χ0) is 18.9. The molecule has 23 heavy (non-hydrogen) atoms. The van der Waals surface area contributed by atoms with Crippen molar-refractivity contribution in [3.05, 3.63) is 0 Å². The van der Waals surface area contributed by atoms with Crippen LogP contribution in [0, 0.1) is 0 Å². The lowest BCUT2D eigenvalue weighted by molar-refractivity contribution is -0.437. The molecule has 0 aromatic rings. The first kappa shape index (κ1) is 21.5. The average molecular weight is 462 g/mol. The van der Waals surface area contributed by atoms with Gasteiger partial charge in [-0.1, -0.05) is 50.3 Å². The van der Waals surface area contributed by atoms with Gasteiger partial charge in [0.2, 0.25) is 0 Å². The normalized spacial score (nSPS) is 24.7. The van der Waals surface area contributed by atoms with Crippen LogP contribution in [0.5, 0.6) is 0 Å². The lowest BCUT2D eigenvalue weighted by Crippen LogP contribution is -2.68. The highest BCUT2D eigenvalue weighted by molar-refractivity contribution is 7.87. The first-order chi connectivity index (χ1) is 9.66. The molecule has 1 aliphatic heterocycles. The molecular formula is C6Cl4F8O4S. The fraction of sp³-hybridized carbons (Fsp3) is 1.00. The summed E-state index contributed by atoms with van der Waals surface area (Å²) in [6.45, 7) is 0. The summed E-state index contributed by atoms with van der Waals surface area (Å²) in [5.74, 6) is -12.8. The van der Waals surface area contributed by atoms with Gasteiger partial charge in [-0.05, 0) is 0 Å². The Bertz CT molecular complexity index is 586. The lowest BCUT2D eigenvalue weighted by Gasteiger charge is -2.38. The number of alkyl halides is 11. The third-order valence-electron chi connectivity index (χ3n) is 2.34. The molecule has 0 aromatic heterocycles. The van der Waals surface area contributed by atoms with Crippen LogP contribution in [0.2, 0.25) is 0 Å². The summed E-state index contributed by atoms with van der Waals surface area (Å²) in [5.41, 5.74) is 0. The van der Waals surface area contributed by atoms with Crippen LogP contribution in [0.1, 0.15) is 0 Å². The molecule has 0 saturated carbocycles. The number of hydrogen-bond acceptors (Lipinski definition) is 4. The summed E-state index contributed by atoms with van der Waals surface area (Å²) in [5, 5.41) is -6.98. The van der Waals surface area contributed by atoms with E-state index in [1.54, 1.807) is 0 Å². The van der Waals surface area contributed by atoms with Crippen molar-refractivity contribution in [2.45, 2.75) is 32.2 Å². The van der Waals surface area contributed by atoms with Crippen LogP contribution in [0.3, 0.4) is 0 Å². The second-order valence-electron chi connectivity index (χ2n) is 3.88. The van der Waals surface area contributed by atoms with Crippen molar-refractivity contribution in [2.75, 3.05) is 0 Å². The highest BCUT2D eigenvalue weighted by Gasteiger charge is 2.91. The molecule has 4 nitrogen and oxygen atoms in total. The highest BCUT2D eigenvalue weighted by Crippen LogP contribution is 2.65. The maximum Gasteiger partial charge on any atom is 0.450 e. The van der Waals surface area contributed by atoms with E-state index in [-0.39, 0.29) is 0 Å². The van der Waals surface area contributed by atoms with Gasteiger partial charge in [-0.25, -0.2) is 0 Å². The SMILES string of the molecule is O=S(=O)(F)C(F)(F)C(F)(F)C1(C(F)(F)F)OC(Cl)(Cl)C(Cl)(Cl)O1. The molecule has 0 aromatic carbocycles. The second-order valence-corrected chi connectivity index (χ2v) is 7.79. The summed E-state index contributed by atoms with van der Waals surface area (Å²) in [7, 11) is -7.59. The third kappa shape index (κ3) is 2.85. The smallest absolute Gasteiger partial charge is 0.296 e. The van der Waals surface area contributed by atoms with Gasteiger partial charge >= 0.3 is 33.4 Å². The summed E-state index contributed by atoms with van der Waals surface area (Å²) < 4.78 is 124. The Kier molecular flexibility index (Phi) is 4.90. The van der Waals surface area contributed by atoms with E-state index in [1.807, 2.05) is 0 Å². The molecule has 0 amide bonds. The molecule has 0 atom stereocenters. The molecule has 1 heterocycles. The van der Waals surface area contributed by atoms with Gasteiger partial charge < -0.3 is 0 Å². The average Bonchev–Trinajstić information content (AvgIpc) is 2.43. The van der Waals surface area contributed by atoms with Crippen molar-refractivity contribution in [3.63, 3.8) is 0 Å². The van der Waals surface area contributed by atoms with E-state index < -0.39 is 42.4 Å².